The number of nitrogens with one attached hydrogen (secondary N) is 2. The Morgan fingerprint density at radius 3 is 2.50 bits per heavy atom. The molecule has 1 atom stereocenters. The van der Waals surface area contributed by atoms with Crippen LogP contribution in [0, 0.1) is 5.92 Å². The Morgan fingerprint density at radius 2 is 1.86 bits per heavy atom. The van der Waals surface area contributed by atoms with E-state index in [1.165, 1.54) is 6.07 Å². The minimum atomic E-state index is -3.67. The molecular formula is C20H22N4O3S. The van der Waals surface area contributed by atoms with E-state index in [9.17, 15) is 13.2 Å². The number of carbonyl (C=O) groups excluding carboxylic acids is 1. The standard InChI is InChI=1S/C20H22N4O3S/c1-20(12-21,14-8-9-14)23-19(25)13-6-10-15(11-7-13)22-18-16-4-2-3-5-17(16)28(26,27)24-18/h2-7,10-11,14H,8-9,12,21H2,1H3,(H,22,24)(H,23,25). The van der Waals surface area contributed by atoms with Gasteiger partial charge in [0, 0.05) is 23.4 Å². The molecule has 8 heteroatoms. The highest BCUT2D eigenvalue weighted by atomic mass is 32.2. The van der Waals surface area contributed by atoms with Gasteiger partial charge in [0.1, 0.15) is 4.90 Å². The minimum Gasteiger partial charge on any atom is -0.345 e. The summed E-state index contributed by atoms with van der Waals surface area (Å²) in [6, 6.07) is 13.5. The molecule has 0 aromatic heterocycles. The number of rotatable bonds is 5. The lowest BCUT2D eigenvalue weighted by Crippen LogP contribution is -2.53. The maximum Gasteiger partial charge on any atom is 0.285 e. The summed E-state index contributed by atoms with van der Waals surface area (Å²) >= 11 is 0. The maximum atomic E-state index is 12.6. The first-order valence-electron chi connectivity index (χ1n) is 9.16. The molecule has 4 N–H and O–H groups in total. The van der Waals surface area contributed by atoms with Crippen LogP contribution in [0.15, 0.2) is 57.8 Å². The van der Waals surface area contributed by atoms with Crippen molar-refractivity contribution in [3.05, 3.63) is 59.7 Å². The van der Waals surface area contributed by atoms with E-state index in [0.29, 0.717) is 29.3 Å². The molecule has 0 bridgehead atoms. The van der Waals surface area contributed by atoms with Crippen molar-refractivity contribution in [2.75, 3.05) is 11.9 Å². The monoisotopic (exact) mass is 398 g/mol. The van der Waals surface area contributed by atoms with Gasteiger partial charge in [0.25, 0.3) is 15.9 Å². The van der Waals surface area contributed by atoms with Crippen LogP contribution in [-0.4, -0.2) is 32.2 Å². The van der Waals surface area contributed by atoms with E-state index in [0.717, 1.165) is 12.8 Å². The summed E-state index contributed by atoms with van der Waals surface area (Å²) in [4.78, 5) is 12.8. The van der Waals surface area contributed by atoms with Crippen molar-refractivity contribution in [3.8, 4) is 0 Å². The van der Waals surface area contributed by atoms with Crippen LogP contribution >= 0.6 is 0 Å². The summed E-state index contributed by atoms with van der Waals surface area (Å²) in [5.74, 6) is 0.541. The molecule has 2 aromatic rings. The lowest BCUT2D eigenvalue weighted by molar-refractivity contribution is 0.0898. The summed E-state index contributed by atoms with van der Waals surface area (Å²) in [5, 5.41) is 6.08. The van der Waals surface area contributed by atoms with E-state index < -0.39 is 10.0 Å². The zero-order chi connectivity index (χ0) is 19.9. The van der Waals surface area contributed by atoms with Crippen molar-refractivity contribution < 1.29 is 13.2 Å². The fourth-order valence-corrected chi connectivity index (χ4v) is 4.59. The Labute approximate surface area is 164 Å². The van der Waals surface area contributed by atoms with E-state index in [1.807, 2.05) is 6.92 Å². The number of carbonyl (C=O) groups is 1. The SMILES string of the molecule is CC(CN)(NC(=O)c1ccc(NC2=NS(=O)(=O)c3ccccc32)cc1)C1CC1. The van der Waals surface area contributed by atoms with Crippen molar-refractivity contribution in [3.63, 3.8) is 0 Å². The quantitative estimate of drug-likeness (QED) is 0.714. The van der Waals surface area contributed by atoms with Gasteiger partial charge in [-0.3, -0.25) is 4.79 Å². The summed E-state index contributed by atoms with van der Waals surface area (Å²) in [7, 11) is -3.67. The number of amides is 1. The zero-order valence-corrected chi connectivity index (χ0v) is 16.3. The molecule has 0 spiro atoms. The number of fused-ring (bicyclic) bond motifs is 1. The van der Waals surface area contributed by atoms with E-state index in [2.05, 4.69) is 15.0 Å². The zero-order valence-electron chi connectivity index (χ0n) is 15.5. The first kappa shape index (κ1) is 18.6. The fraction of sp³-hybridized carbons (Fsp3) is 0.300. The number of amidine groups is 1. The summed E-state index contributed by atoms with van der Waals surface area (Å²) in [5.41, 5.74) is 7.18. The second-order valence-electron chi connectivity index (χ2n) is 7.46. The Bertz CT molecular complexity index is 1060. The van der Waals surface area contributed by atoms with Crippen molar-refractivity contribution in [2.24, 2.45) is 16.0 Å². The molecule has 146 valence electrons. The van der Waals surface area contributed by atoms with Gasteiger partial charge in [-0.2, -0.15) is 8.42 Å². The van der Waals surface area contributed by atoms with Gasteiger partial charge in [-0.1, -0.05) is 12.1 Å². The minimum absolute atomic E-state index is 0.169. The van der Waals surface area contributed by atoms with Crippen LogP contribution in [0.5, 0.6) is 0 Å². The third-order valence-corrected chi connectivity index (χ3v) is 6.68. The molecule has 1 aliphatic carbocycles. The molecule has 1 amide bonds. The van der Waals surface area contributed by atoms with Gasteiger partial charge >= 0.3 is 0 Å². The molecule has 0 saturated heterocycles. The predicted molar refractivity (Wildman–Crippen MR) is 108 cm³/mol. The molecule has 1 unspecified atom stereocenters. The summed E-state index contributed by atoms with van der Waals surface area (Å²) in [6.45, 7) is 2.38. The van der Waals surface area contributed by atoms with Crippen LogP contribution in [0.4, 0.5) is 5.69 Å². The molecule has 1 heterocycles. The van der Waals surface area contributed by atoms with Crippen LogP contribution < -0.4 is 16.4 Å². The van der Waals surface area contributed by atoms with Crippen molar-refractivity contribution in [1.29, 1.82) is 0 Å². The smallest absolute Gasteiger partial charge is 0.285 e. The number of hydrogen-bond donors (Lipinski definition) is 3. The van der Waals surface area contributed by atoms with Crippen LogP contribution in [0.2, 0.25) is 0 Å². The molecule has 4 rings (SSSR count). The highest BCUT2D eigenvalue weighted by Gasteiger charge is 2.41. The van der Waals surface area contributed by atoms with Crippen LogP contribution in [0.1, 0.15) is 35.7 Å². The molecule has 2 aliphatic rings. The summed E-state index contributed by atoms with van der Waals surface area (Å²) < 4.78 is 28.1. The number of sulfonamides is 1. The first-order chi connectivity index (χ1) is 13.3. The third kappa shape index (κ3) is 3.41. The Morgan fingerprint density at radius 1 is 1.18 bits per heavy atom. The van der Waals surface area contributed by atoms with Crippen molar-refractivity contribution >= 4 is 27.5 Å². The lowest BCUT2D eigenvalue weighted by Gasteiger charge is -2.29. The molecule has 1 aliphatic heterocycles. The summed E-state index contributed by atoms with van der Waals surface area (Å²) in [6.07, 6.45) is 2.17. The number of benzene rings is 2. The highest BCUT2D eigenvalue weighted by Crippen LogP contribution is 2.39. The Kier molecular flexibility index (Phi) is 4.47. The largest absolute Gasteiger partial charge is 0.345 e. The van der Waals surface area contributed by atoms with Crippen molar-refractivity contribution in [2.45, 2.75) is 30.2 Å². The number of hydrogen-bond acceptors (Lipinski definition) is 5. The molecule has 28 heavy (non-hydrogen) atoms. The van der Waals surface area contributed by atoms with E-state index in [1.54, 1.807) is 42.5 Å². The van der Waals surface area contributed by atoms with E-state index in [4.69, 9.17) is 5.73 Å². The van der Waals surface area contributed by atoms with Crippen LogP contribution in [0.3, 0.4) is 0 Å². The van der Waals surface area contributed by atoms with Crippen LogP contribution in [0.25, 0.3) is 0 Å². The second kappa shape index (κ2) is 6.72. The van der Waals surface area contributed by atoms with Crippen molar-refractivity contribution in [1.82, 2.24) is 5.32 Å². The maximum absolute atomic E-state index is 12.6. The Balaban J connectivity index is 1.49. The van der Waals surface area contributed by atoms with Gasteiger partial charge in [-0.15, -0.1) is 4.40 Å². The van der Waals surface area contributed by atoms with E-state index >= 15 is 0 Å². The molecule has 0 radical (unpaired) electrons. The average molecular weight is 398 g/mol. The topological polar surface area (TPSA) is 114 Å². The highest BCUT2D eigenvalue weighted by molar-refractivity contribution is 7.90. The fourth-order valence-electron chi connectivity index (χ4n) is 3.41. The van der Waals surface area contributed by atoms with Crippen LogP contribution in [-0.2, 0) is 10.0 Å². The van der Waals surface area contributed by atoms with Gasteiger partial charge < -0.3 is 16.4 Å². The van der Waals surface area contributed by atoms with Gasteiger partial charge in [0.05, 0.1) is 5.54 Å². The number of nitrogens with two attached hydrogens (primary N) is 1. The van der Waals surface area contributed by atoms with Gasteiger partial charge in [0.15, 0.2) is 5.84 Å². The number of anilines is 1. The second-order valence-corrected chi connectivity index (χ2v) is 9.04. The predicted octanol–water partition coefficient (Wildman–Crippen LogP) is 2.10. The average Bonchev–Trinajstić information content (AvgIpc) is 3.50. The Hall–Kier alpha value is -2.71. The van der Waals surface area contributed by atoms with Gasteiger partial charge in [-0.05, 0) is 62.1 Å². The lowest BCUT2D eigenvalue weighted by atomic mass is 9.95. The third-order valence-electron chi connectivity index (χ3n) is 5.34. The normalized spacial score (nSPS) is 19.3. The molecule has 2 aromatic carbocycles. The van der Waals surface area contributed by atoms with E-state index in [-0.39, 0.29) is 22.2 Å². The molecule has 7 nitrogen and oxygen atoms in total. The number of nitrogens with zero attached hydrogens (tertiary/aromatic N) is 1. The van der Waals surface area contributed by atoms with Gasteiger partial charge in [0.2, 0.25) is 0 Å². The molecule has 1 fully saturated rings. The first-order valence-corrected chi connectivity index (χ1v) is 10.6. The molecular weight excluding hydrogens is 376 g/mol. The van der Waals surface area contributed by atoms with Gasteiger partial charge in [-0.25, -0.2) is 0 Å². The molecule has 1 saturated carbocycles.